The lowest BCUT2D eigenvalue weighted by atomic mass is 9.77. The number of carbonyl (C=O) groups excluding carboxylic acids is 3. The summed E-state index contributed by atoms with van der Waals surface area (Å²) in [5.74, 6) is -1.75. The highest BCUT2D eigenvalue weighted by Gasteiger charge is 2.49. The molecule has 2 atom stereocenters. The summed E-state index contributed by atoms with van der Waals surface area (Å²) in [5.41, 5.74) is -2.04. The lowest BCUT2D eigenvalue weighted by Gasteiger charge is -2.38. The van der Waals surface area contributed by atoms with Gasteiger partial charge >= 0.3 is 17.9 Å². The molecular weight excluding hydrogens is 288 g/mol. The van der Waals surface area contributed by atoms with E-state index in [0.29, 0.717) is 6.42 Å². The van der Waals surface area contributed by atoms with Gasteiger partial charge in [0.25, 0.3) is 0 Å². The van der Waals surface area contributed by atoms with E-state index in [1.807, 2.05) is 0 Å². The Hall–Kier alpha value is -1.85. The Morgan fingerprint density at radius 2 is 1.82 bits per heavy atom. The lowest BCUT2D eigenvalue weighted by Crippen LogP contribution is -2.50. The molecule has 6 nitrogen and oxygen atoms in total. The number of rotatable bonds is 5. The first-order valence-electron chi connectivity index (χ1n) is 7.19. The van der Waals surface area contributed by atoms with Crippen LogP contribution < -0.4 is 0 Å². The predicted molar refractivity (Wildman–Crippen MR) is 78.8 cm³/mol. The molecule has 1 rings (SSSR count). The molecule has 1 aliphatic rings. The van der Waals surface area contributed by atoms with Crippen molar-refractivity contribution in [1.82, 2.24) is 0 Å². The minimum Gasteiger partial charge on any atom is -0.460 e. The number of cyclic esters (lactones) is 1. The van der Waals surface area contributed by atoms with Gasteiger partial charge in [0.15, 0.2) is 0 Å². The van der Waals surface area contributed by atoms with E-state index in [0.717, 1.165) is 0 Å². The molecule has 22 heavy (non-hydrogen) atoms. The minimum atomic E-state index is -1.15. The Morgan fingerprint density at radius 3 is 2.23 bits per heavy atom. The zero-order valence-corrected chi connectivity index (χ0v) is 14.0. The number of hydrogen-bond donors (Lipinski definition) is 0. The van der Waals surface area contributed by atoms with Crippen molar-refractivity contribution in [3.05, 3.63) is 12.2 Å². The largest absolute Gasteiger partial charge is 0.460 e. The second-order valence-corrected chi connectivity index (χ2v) is 6.68. The van der Waals surface area contributed by atoms with E-state index in [-0.39, 0.29) is 11.7 Å². The number of hydrogen-bond acceptors (Lipinski definition) is 6. The summed E-state index contributed by atoms with van der Waals surface area (Å²) in [6.07, 6.45) is -0.857. The van der Waals surface area contributed by atoms with Crippen LogP contribution >= 0.6 is 0 Å². The standard InChI is InChI=1S/C16H24O6/c1-9(2)12(17)22-16(6,7)15(4,5)14(19)21-11-8-10(3)20-13(11)18/h10-11H,1,8H2,2-7H3. The monoisotopic (exact) mass is 312 g/mol. The van der Waals surface area contributed by atoms with Crippen LogP contribution in [0.15, 0.2) is 12.2 Å². The van der Waals surface area contributed by atoms with Crippen molar-refractivity contribution < 1.29 is 28.6 Å². The van der Waals surface area contributed by atoms with E-state index in [4.69, 9.17) is 14.2 Å². The summed E-state index contributed by atoms with van der Waals surface area (Å²) in [5, 5.41) is 0. The van der Waals surface area contributed by atoms with Gasteiger partial charge in [-0.3, -0.25) is 4.79 Å². The van der Waals surface area contributed by atoms with Gasteiger partial charge in [-0.25, -0.2) is 9.59 Å². The Balaban J connectivity index is 2.83. The molecule has 2 unspecified atom stereocenters. The molecule has 0 N–H and O–H groups in total. The fourth-order valence-electron chi connectivity index (χ4n) is 1.78. The van der Waals surface area contributed by atoms with Gasteiger partial charge in [0.2, 0.25) is 6.10 Å². The molecule has 0 spiro atoms. The Kier molecular flexibility index (Phi) is 5.05. The molecular formula is C16H24O6. The van der Waals surface area contributed by atoms with E-state index in [1.165, 1.54) is 6.92 Å². The van der Waals surface area contributed by atoms with E-state index < -0.39 is 35.0 Å². The molecule has 124 valence electrons. The van der Waals surface area contributed by atoms with E-state index in [1.54, 1.807) is 34.6 Å². The molecule has 1 saturated heterocycles. The number of esters is 3. The summed E-state index contributed by atoms with van der Waals surface area (Å²) >= 11 is 0. The van der Waals surface area contributed by atoms with Gasteiger partial charge in [-0.15, -0.1) is 0 Å². The Labute approximate surface area is 130 Å². The highest BCUT2D eigenvalue weighted by Crippen LogP contribution is 2.36. The Bertz CT molecular complexity index is 503. The average molecular weight is 312 g/mol. The van der Waals surface area contributed by atoms with Gasteiger partial charge in [-0.2, -0.15) is 0 Å². The van der Waals surface area contributed by atoms with Gasteiger partial charge in [0.05, 0.1) is 0 Å². The molecule has 0 aliphatic carbocycles. The first-order valence-corrected chi connectivity index (χ1v) is 7.19. The second-order valence-electron chi connectivity index (χ2n) is 6.68. The zero-order chi connectivity index (χ0) is 17.3. The minimum absolute atomic E-state index is 0.241. The van der Waals surface area contributed by atoms with Crippen LogP contribution in [-0.4, -0.2) is 35.7 Å². The van der Waals surface area contributed by atoms with Crippen LogP contribution in [0.1, 0.15) is 48.0 Å². The topological polar surface area (TPSA) is 78.9 Å². The maximum absolute atomic E-state index is 12.4. The second kappa shape index (κ2) is 6.10. The van der Waals surface area contributed by atoms with Crippen molar-refractivity contribution in [2.75, 3.05) is 0 Å². The molecule has 0 amide bonds. The van der Waals surface area contributed by atoms with Crippen molar-refractivity contribution in [2.45, 2.75) is 65.8 Å². The molecule has 0 radical (unpaired) electrons. The molecule has 1 heterocycles. The van der Waals surface area contributed by atoms with Crippen LogP contribution in [0.2, 0.25) is 0 Å². The first-order chi connectivity index (χ1) is 9.88. The molecule has 1 aliphatic heterocycles. The third kappa shape index (κ3) is 3.67. The number of ether oxygens (including phenoxy) is 3. The van der Waals surface area contributed by atoms with Gasteiger partial charge in [0.1, 0.15) is 17.1 Å². The van der Waals surface area contributed by atoms with Gasteiger partial charge < -0.3 is 14.2 Å². The van der Waals surface area contributed by atoms with Crippen LogP contribution in [0, 0.1) is 5.41 Å². The molecule has 1 fully saturated rings. The third-order valence-electron chi connectivity index (χ3n) is 4.09. The van der Waals surface area contributed by atoms with Gasteiger partial charge in [0, 0.05) is 12.0 Å². The SMILES string of the molecule is C=C(C)C(=O)OC(C)(C)C(C)(C)C(=O)OC1CC(C)OC1=O. The van der Waals surface area contributed by atoms with Crippen molar-refractivity contribution in [3.8, 4) is 0 Å². The van der Waals surface area contributed by atoms with Crippen LogP contribution in [0.25, 0.3) is 0 Å². The lowest BCUT2D eigenvalue weighted by molar-refractivity contribution is -0.186. The zero-order valence-electron chi connectivity index (χ0n) is 14.0. The van der Waals surface area contributed by atoms with Gasteiger partial charge in [-0.05, 0) is 41.5 Å². The smallest absolute Gasteiger partial charge is 0.347 e. The molecule has 6 heteroatoms. The van der Waals surface area contributed by atoms with Crippen molar-refractivity contribution in [3.63, 3.8) is 0 Å². The van der Waals surface area contributed by atoms with Crippen LogP contribution in [0.3, 0.4) is 0 Å². The number of carbonyl (C=O) groups is 3. The highest BCUT2D eigenvalue weighted by molar-refractivity contribution is 5.88. The molecule has 0 saturated carbocycles. The summed E-state index contributed by atoms with van der Waals surface area (Å²) in [6, 6.07) is 0. The van der Waals surface area contributed by atoms with Crippen LogP contribution in [-0.2, 0) is 28.6 Å². The van der Waals surface area contributed by atoms with Crippen molar-refractivity contribution in [1.29, 1.82) is 0 Å². The summed E-state index contributed by atoms with van der Waals surface area (Å²) in [4.78, 5) is 35.7. The molecule has 0 aromatic heterocycles. The van der Waals surface area contributed by atoms with Crippen molar-refractivity contribution >= 4 is 17.9 Å². The van der Waals surface area contributed by atoms with E-state index >= 15 is 0 Å². The molecule has 0 bridgehead atoms. The fraction of sp³-hybridized carbons (Fsp3) is 0.688. The molecule has 0 aromatic rings. The highest BCUT2D eigenvalue weighted by atomic mass is 16.6. The van der Waals surface area contributed by atoms with Crippen LogP contribution in [0.5, 0.6) is 0 Å². The maximum atomic E-state index is 12.4. The summed E-state index contributed by atoms with van der Waals surface area (Å²) in [6.45, 7) is 13.2. The van der Waals surface area contributed by atoms with Crippen molar-refractivity contribution in [2.24, 2.45) is 5.41 Å². The van der Waals surface area contributed by atoms with Crippen LogP contribution in [0.4, 0.5) is 0 Å². The maximum Gasteiger partial charge on any atom is 0.347 e. The average Bonchev–Trinajstić information content (AvgIpc) is 2.66. The predicted octanol–water partition coefficient (Wildman–Crippen LogP) is 2.16. The Morgan fingerprint density at radius 1 is 1.27 bits per heavy atom. The van der Waals surface area contributed by atoms with Gasteiger partial charge in [-0.1, -0.05) is 6.58 Å². The normalized spacial score (nSPS) is 22.0. The van der Waals surface area contributed by atoms with E-state index in [2.05, 4.69) is 6.58 Å². The van der Waals surface area contributed by atoms with E-state index in [9.17, 15) is 14.4 Å². The summed E-state index contributed by atoms with van der Waals surface area (Å²) < 4.78 is 15.6. The first kappa shape index (κ1) is 18.2. The third-order valence-corrected chi connectivity index (χ3v) is 4.09. The fourth-order valence-corrected chi connectivity index (χ4v) is 1.78. The quantitative estimate of drug-likeness (QED) is 0.440. The molecule has 0 aromatic carbocycles. The summed E-state index contributed by atoms with van der Waals surface area (Å²) in [7, 11) is 0.